The number of cyclic esters (lactones) is 1. The Morgan fingerprint density at radius 3 is 2.73 bits per heavy atom. The van der Waals surface area contributed by atoms with Gasteiger partial charge in [-0.25, -0.2) is 9.79 Å². The lowest BCUT2D eigenvalue weighted by Gasteiger charge is -2.04. The highest BCUT2D eigenvalue weighted by atomic mass is 16.6. The SMILES string of the molecule is CC(=O)c1ccccc1C1=NCC(=O)O1. The number of hydrogen-bond acceptors (Lipinski definition) is 4. The Balaban J connectivity index is 2.44. The molecule has 0 fully saturated rings. The number of hydrogen-bond donors (Lipinski definition) is 0. The van der Waals surface area contributed by atoms with Crippen molar-refractivity contribution in [2.45, 2.75) is 6.92 Å². The lowest BCUT2D eigenvalue weighted by molar-refractivity contribution is -0.132. The molecule has 0 aromatic heterocycles. The number of carbonyl (C=O) groups excluding carboxylic acids is 2. The molecule has 76 valence electrons. The minimum atomic E-state index is -0.386. The molecule has 0 spiro atoms. The van der Waals surface area contributed by atoms with Crippen LogP contribution in [0.4, 0.5) is 0 Å². The van der Waals surface area contributed by atoms with Crippen LogP contribution in [0.1, 0.15) is 22.8 Å². The maximum atomic E-state index is 11.3. The van der Waals surface area contributed by atoms with Crippen molar-refractivity contribution in [2.24, 2.45) is 4.99 Å². The van der Waals surface area contributed by atoms with Crippen LogP contribution in [0.2, 0.25) is 0 Å². The van der Waals surface area contributed by atoms with Crippen molar-refractivity contribution in [1.82, 2.24) is 0 Å². The normalized spacial score (nSPS) is 14.7. The van der Waals surface area contributed by atoms with Crippen LogP contribution >= 0.6 is 0 Å². The van der Waals surface area contributed by atoms with Gasteiger partial charge in [0.2, 0.25) is 5.90 Å². The zero-order valence-corrected chi connectivity index (χ0v) is 8.19. The minimum Gasteiger partial charge on any atom is -0.406 e. The molecule has 0 unspecified atom stereocenters. The summed E-state index contributed by atoms with van der Waals surface area (Å²) in [5.41, 5.74) is 1.10. The minimum absolute atomic E-state index is 0.0293. The highest BCUT2D eigenvalue weighted by Crippen LogP contribution is 2.14. The second kappa shape index (κ2) is 3.65. The van der Waals surface area contributed by atoms with Gasteiger partial charge >= 0.3 is 5.97 Å². The predicted octanol–water partition coefficient (Wildman–Crippen LogP) is 1.19. The summed E-state index contributed by atoms with van der Waals surface area (Å²) in [6.45, 7) is 1.50. The first kappa shape index (κ1) is 9.58. The van der Waals surface area contributed by atoms with E-state index in [0.29, 0.717) is 11.1 Å². The molecule has 0 bridgehead atoms. The number of benzene rings is 1. The maximum Gasteiger partial charge on any atom is 0.334 e. The number of nitrogens with zero attached hydrogens (tertiary/aromatic N) is 1. The summed E-state index contributed by atoms with van der Waals surface area (Å²) in [6.07, 6.45) is 0. The summed E-state index contributed by atoms with van der Waals surface area (Å²) in [7, 11) is 0. The average molecular weight is 203 g/mol. The summed E-state index contributed by atoms with van der Waals surface area (Å²) in [5, 5.41) is 0. The van der Waals surface area contributed by atoms with Crippen molar-refractivity contribution in [3.05, 3.63) is 35.4 Å². The van der Waals surface area contributed by atoms with Crippen LogP contribution in [0.15, 0.2) is 29.3 Å². The number of carbonyl (C=O) groups is 2. The van der Waals surface area contributed by atoms with Gasteiger partial charge < -0.3 is 4.74 Å². The van der Waals surface area contributed by atoms with E-state index in [0.717, 1.165) is 0 Å². The summed E-state index contributed by atoms with van der Waals surface area (Å²) < 4.78 is 4.90. The van der Waals surface area contributed by atoms with E-state index in [9.17, 15) is 9.59 Å². The van der Waals surface area contributed by atoms with E-state index in [-0.39, 0.29) is 24.2 Å². The number of rotatable bonds is 2. The first-order valence-corrected chi connectivity index (χ1v) is 4.54. The molecule has 0 amide bonds. The zero-order valence-electron chi connectivity index (χ0n) is 8.19. The van der Waals surface area contributed by atoms with Gasteiger partial charge in [-0.15, -0.1) is 0 Å². The maximum absolute atomic E-state index is 11.3. The fourth-order valence-electron chi connectivity index (χ4n) is 1.43. The molecule has 0 radical (unpaired) electrons. The molecule has 4 heteroatoms. The van der Waals surface area contributed by atoms with Gasteiger partial charge in [-0.1, -0.05) is 18.2 Å². The predicted molar refractivity (Wildman–Crippen MR) is 53.9 cm³/mol. The second-order valence-corrected chi connectivity index (χ2v) is 3.20. The number of aliphatic imine (C=N–C) groups is 1. The molecule has 0 N–H and O–H groups in total. The monoisotopic (exact) mass is 203 g/mol. The van der Waals surface area contributed by atoms with Crippen molar-refractivity contribution in [1.29, 1.82) is 0 Å². The first-order valence-electron chi connectivity index (χ1n) is 4.54. The topological polar surface area (TPSA) is 55.7 Å². The highest BCUT2D eigenvalue weighted by Gasteiger charge is 2.21. The van der Waals surface area contributed by atoms with Crippen molar-refractivity contribution in [3.8, 4) is 0 Å². The van der Waals surface area contributed by atoms with Crippen molar-refractivity contribution in [3.63, 3.8) is 0 Å². The third kappa shape index (κ3) is 1.79. The van der Waals surface area contributed by atoms with Gasteiger partial charge in [0.05, 0.1) is 0 Å². The molecule has 0 saturated carbocycles. The molecular formula is C11H9NO3. The Labute approximate surface area is 86.6 Å². The lowest BCUT2D eigenvalue weighted by atomic mass is 10.0. The highest BCUT2D eigenvalue weighted by molar-refractivity contribution is 6.11. The smallest absolute Gasteiger partial charge is 0.334 e. The summed E-state index contributed by atoms with van der Waals surface area (Å²) in [5.74, 6) is -0.217. The van der Waals surface area contributed by atoms with E-state index in [1.54, 1.807) is 24.3 Å². The number of Topliss-reactive ketones (excluding diaryl/α,β-unsaturated/α-hetero) is 1. The van der Waals surface area contributed by atoms with Crippen LogP contribution in [-0.2, 0) is 9.53 Å². The number of ketones is 1. The number of ether oxygens (including phenoxy) is 1. The molecule has 0 aliphatic carbocycles. The molecule has 1 aliphatic rings. The summed E-state index contributed by atoms with van der Waals surface area (Å²) in [4.78, 5) is 26.1. The second-order valence-electron chi connectivity index (χ2n) is 3.20. The Kier molecular flexibility index (Phi) is 2.33. The van der Waals surface area contributed by atoms with E-state index in [4.69, 9.17) is 4.74 Å². The van der Waals surface area contributed by atoms with E-state index >= 15 is 0 Å². The molecule has 4 nitrogen and oxygen atoms in total. The molecule has 1 aromatic rings. The van der Waals surface area contributed by atoms with Gasteiger partial charge in [-0.05, 0) is 13.0 Å². The van der Waals surface area contributed by atoms with Crippen LogP contribution in [0, 0.1) is 0 Å². The fourth-order valence-corrected chi connectivity index (χ4v) is 1.43. The first-order chi connectivity index (χ1) is 7.18. The molecule has 2 rings (SSSR count). The van der Waals surface area contributed by atoms with E-state index < -0.39 is 0 Å². The van der Waals surface area contributed by atoms with Crippen molar-refractivity contribution < 1.29 is 14.3 Å². The largest absolute Gasteiger partial charge is 0.406 e. The Hall–Kier alpha value is -1.97. The third-order valence-electron chi connectivity index (χ3n) is 2.10. The van der Waals surface area contributed by atoms with Crippen LogP contribution in [-0.4, -0.2) is 24.2 Å². The lowest BCUT2D eigenvalue weighted by Crippen LogP contribution is -2.10. The third-order valence-corrected chi connectivity index (χ3v) is 2.10. The van der Waals surface area contributed by atoms with Crippen molar-refractivity contribution >= 4 is 17.7 Å². The van der Waals surface area contributed by atoms with E-state index in [1.807, 2.05) is 0 Å². The average Bonchev–Trinajstić information content (AvgIpc) is 2.65. The quantitative estimate of drug-likeness (QED) is 0.536. The molecule has 0 saturated heterocycles. The van der Waals surface area contributed by atoms with Crippen LogP contribution < -0.4 is 0 Å². The summed E-state index contributed by atoms with van der Waals surface area (Å²) >= 11 is 0. The Bertz CT molecular complexity index is 463. The van der Waals surface area contributed by atoms with E-state index in [2.05, 4.69) is 4.99 Å². The molecular weight excluding hydrogens is 194 g/mol. The van der Waals surface area contributed by atoms with E-state index in [1.165, 1.54) is 6.92 Å². The van der Waals surface area contributed by atoms with Gasteiger partial charge in [-0.2, -0.15) is 0 Å². The van der Waals surface area contributed by atoms with Gasteiger partial charge in [0.25, 0.3) is 0 Å². The number of esters is 1. The van der Waals surface area contributed by atoms with Crippen LogP contribution in [0.5, 0.6) is 0 Å². The van der Waals surface area contributed by atoms with Gasteiger partial charge in [-0.3, -0.25) is 4.79 Å². The summed E-state index contributed by atoms with van der Waals surface area (Å²) in [6, 6.07) is 6.94. The molecule has 1 heterocycles. The Morgan fingerprint density at radius 1 is 1.40 bits per heavy atom. The van der Waals surface area contributed by atoms with Crippen LogP contribution in [0.3, 0.4) is 0 Å². The van der Waals surface area contributed by atoms with Gasteiger partial charge in [0, 0.05) is 11.1 Å². The molecule has 0 atom stereocenters. The van der Waals surface area contributed by atoms with Gasteiger partial charge in [0.15, 0.2) is 5.78 Å². The molecule has 1 aliphatic heterocycles. The Morgan fingerprint density at radius 2 is 2.13 bits per heavy atom. The molecule has 15 heavy (non-hydrogen) atoms. The standard InChI is InChI=1S/C11H9NO3/c1-7(13)8-4-2-3-5-9(8)11-12-6-10(14)15-11/h2-5H,6H2,1H3. The zero-order chi connectivity index (χ0) is 10.8. The van der Waals surface area contributed by atoms with Crippen molar-refractivity contribution in [2.75, 3.05) is 6.54 Å². The van der Waals surface area contributed by atoms with Gasteiger partial charge in [0.1, 0.15) is 6.54 Å². The van der Waals surface area contributed by atoms with Crippen LogP contribution in [0.25, 0.3) is 0 Å². The molecule has 1 aromatic carbocycles. The fraction of sp³-hybridized carbons (Fsp3) is 0.182.